The Morgan fingerprint density at radius 2 is 2.08 bits per heavy atom. The van der Waals surface area contributed by atoms with Gasteiger partial charge in [-0.3, -0.25) is 4.79 Å². The standard InChI is InChI=1S/C11H15NO/c1-8-5-3-4-6-10(8)11(13)9(2)7-12/h3-6,9H,7,12H2,1-2H3. The fraction of sp³-hybridized carbons (Fsp3) is 0.364. The minimum absolute atomic E-state index is 0.0823. The summed E-state index contributed by atoms with van der Waals surface area (Å²) in [6, 6.07) is 7.60. The average molecular weight is 177 g/mol. The first kappa shape index (κ1) is 9.93. The van der Waals surface area contributed by atoms with Crippen molar-refractivity contribution in [2.45, 2.75) is 13.8 Å². The fourth-order valence-electron chi connectivity index (χ4n) is 1.22. The summed E-state index contributed by atoms with van der Waals surface area (Å²) in [5, 5.41) is 0. The average Bonchev–Trinajstić information content (AvgIpc) is 2.16. The van der Waals surface area contributed by atoms with E-state index in [4.69, 9.17) is 5.73 Å². The van der Waals surface area contributed by atoms with E-state index in [9.17, 15) is 4.79 Å². The zero-order chi connectivity index (χ0) is 9.84. The highest BCUT2D eigenvalue weighted by Crippen LogP contribution is 2.12. The van der Waals surface area contributed by atoms with Crippen molar-refractivity contribution in [3.63, 3.8) is 0 Å². The molecule has 0 bridgehead atoms. The Morgan fingerprint density at radius 1 is 1.46 bits per heavy atom. The molecular formula is C11H15NO. The molecule has 1 aromatic rings. The van der Waals surface area contributed by atoms with Crippen LogP contribution in [0.4, 0.5) is 0 Å². The molecule has 0 radical (unpaired) electrons. The van der Waals surface area contributed by atoms with Crippen LogP contribution in [0.2, 0.25) is 0 Å². The molecule has 1 atom stereocenters. The second kappa shape index (κ2) is 4.19. The summed E-state index contributed by atoms with van der Waals surface area (Å²) in [5.74, 6) is 0.0571. The molecule has 1 aromatic carbocycles. The van der Waals surface area contributed by atoms with Crippen molar-refractivity contribution >= 4 is 5.78 Å². The highest BCUT2D eigenvalue weighted by molar-refractivity contribution is 5.99. The van der Waals surface area contributed by atoms with Crippen molar-refractivity contribution in [1.82, 2.24) is 0 Å². The molecule has 2 heteroatoms. The maximum absolute atomic E-state index is 11.7. The minimum atomic E-state index is -0.0823. The SMILES string of the molecule is Cc1ccccc1C(=O)C(C)CN. The Morgan fingerprint density at radius 3 is 2.62 bits per heavy atom. The van der Waals surface area contributed by atoms with Gasteiger partial charge in [0.2, 0.25) is 0 Å². The number of hydrogen-bond acceptors (Lipinski definition) is 2. The number of aryl methyl sites for hydroxylation is 1. The Bertz CT molecular complexity index is 307. The summed E-state index contributed by atoms with van der Waals surface area (Å²) >= 11 is 0. The van der Waals surface area contributed by atoms with Gasteiger partial charge in [0.25, 0.3) is 0 Å². The van der Waals surface area contributed by atoms with Gasteiger partial charge in [-0.05, 0) is 12.5 Å². The normalized spacial score (nSPS) is 12.5. The molecule has 2 N–H and O–H groups in total. The van der Waals surface area contributed by atoms with Gasteiger partial charge in [-0.25, -0.2) is 0 Å². The van der Waals surface area contributed by atoms with E-state index in [1.165, 1.54) is 0 Å². The van der Waals surface area contributed by atoms with E-state index in [0.29, 0.717) is 6.54 Å². The third kappa shape index (κ3) is 2.16. The molecule has 13 heavy (non-hydrogen) atoms. The molecule has 0 saturated heterocycles. The first-order chi connectivity index (χ1) is 6.16. The maximum Gasteiger partial charge on any atom is 0.167 e. The predicted molar refractivity (Wildman–Crippen MR) is 53.7 cm³/mol. The van der Waals surface area contributed by atoms with E-state index in [2.05, 4.69) is 0 Å². The van der Waals surface area contributed by atoms with Gasteiger partial charge in [0.1, 0.15) is 0 Å². The largest absolute Gasteiger partial charge is 0.330 e. The second-order valence-corrected chi connectivity index (χ2v) is 3.32. The quantitative estimate of drug-likeness (QED) is 0.715. The lowest BCUT2D eigenvalue weighted by Crippen LogP contribution is -2.21. The number of Topliss-reactive ketones (excluding diaryl/α,β-unsaturated/α-hetero) is 1. The van der Waals surface area contributed by atoms with Crippen LogP contribution < -0.4 is 5.73 Å². The number of hydrogen-bond donors (Lipinski definition) is 1. The highest BCUT2D eigenvalue weighted by atomic mass is 16.1. The number of nitrogens with two attached hydrogens (primary N) is 1. The molecule has 0 aliphatic rings. The van der Waals surface area contributed by atoms with Crippen LogP contribution in [0.25, 0.3) is 0 Å². The van der Waals surface area contributed by atoms with E-state index in [0.717, 1.165) is 11.1 Å². The van der Waals surface area contributed by atoms with Crippen LogP contribution in [-0.2, 0) is 0 Å². The van der Waals surface area contributed by atoms with Crippen LogP contribution in [0.5, 0.6) is 0 Å². The Labute approximate surface area is 78.8 Å². The van der Waals surface area contributed by atoms with Crippen molar-refractivity contribution < 1.29 is 4.79 Å². The Hall–Kier alpha value is -1.15. The maximum atomic E-state index is 11.7. The van der Waals surface area contributed by atoms with E-state index in [1.54, 1.807) is 0 Å². The molecular weight excluding hydrogens is 162 g/mol. The summed E-state index contributed by atoms with van der Waals surface area (Å²) < 4.78 is 0. The molecule has 2 nitrogen and oxygen atoms in total. The summed E-state index contributed by atoms with van der Waals surface area (Å²) in [5.41, 5.74) is 7.25. The molecule has 0 aliphatic carbocycles. The van der Waals surface area contributed by atoms with Gasteiger partial charge in [-0.15, -0.1) is 0 Å². The highest BCUT2D eigenvalue weighted by Gasteiger charge is 2.14. The van der Waals surface area contributed by atoms with Crippen LogP contribution in [0, 0.1) is 12.8 Å². The Kier molecular flexibility index (Phi) is 3.20. The minimum Gasteiger partial charge on any atom is -0.330 e. The third-order valence-electron chi connectivity index (χ3n) is 2.21. The van der Waals surface area contributed by atoms with Crippen LogP contribution in [0.15, 0.2) is 24.3 Å². The van der Waals surface area contributed by atoms with E-state index >= 15 is 0 Å². The van der Waals surface area contributed by atoms with E-state index in [-0.39, 0.29) is 11.7 Å². The van der Waals surface area contributed by atoms with Gasteiger partial charge in [0.15, 0.2) is 5.78 Å². The zero-order valence-corrected chi connectivity index (χ0v) is 8.08. The van der Waals surface area contributed by atoms with Gasteiger partial charge >= 0.3 is 0 Å². The Balaban J connectivity index is 2.95. The number of carbonyl (C=O) groups is 1. The van der Waals surface area contributed by atoms with Crippen molar-refractivity contribution in [2.75, 3.05) is 6.54 Å². The van der Waals surface area contributed by atoms with Crippen LogP contribution in [0.1, 0.15) is 22.8 Å². The first-order valence-corrected chi connectivity index (χ1v) is 4.46. The molecule has 0 aliphatic heterocycles. The van der Waals surface area contributed by atoms with Crippen molar-refractivity contribution in [3.8, 4) is 0 Å². The lowest BCUT2D eigenvalue weighted by atomic mass is 9.96. The van der Waals surface area contributed by atoms with E-state index in [1.807, 2.05) is 38.1 Å². The van der Waals surface area contributed by atoms with Gasteiger partial charge in [0.05, 0.1) is 0 Å². The fourth-order valence-corrected chi connectivity index (χ4v) is 1.22. The summed E-state index contributed by atoms with van der Waals surface area (Å²) in [4.78, 5) is 11.7. The number of carbonyl (C=O) groups excluding carboxylic acids is 1. The van der Waals surface area contributed by atoms with Crippen LogP contribution in [0.3, 0.4) is 0 Å². The molecule has 0 amide bonds. The molecule has 0 spiro atoms. The smallest absolute Gasteiger partial charge is 0.167 e. The molecule has 70 valence electrons. The molecule has 0 fully saturated rings. The van der Waals surface area contributed by atoms with E-state index < -0.39 is 0 Å². The van der Waals surface area contributed by atoms with Crippen molar-refractivity contribution in [2.24, 2.45) is 11.7 Å². The summed E-state index contributed by atoms with van der Waals surface area (Å²) in [7, 11) is 0. The predicted octanol–water partition coefficient (Wildman–Crippen LogP) is 1.77. The molecule has 0 heterocycles. The van der Waals surface area contributed by atoms with Crippen molar-refractivity contribution in [1.29, 1.82) is 0 Å². The molecule has 0 aromatic heterocycles. The lowest BCUT2D eigenvalue weighted by molar-refractivity contribution is 0.0933. The topological polar surface area (TPSA) is 43.1 Å². The van der Waals surface area contributed by atoms with Gasteiger partial charge in [0, 0.05) is 18.0 Å². The summed E-state index contributed by atoms with van der Waals surface area (Å²) in [6.45, 7) is 4.21. The number of benzene rings is 1. The number of ketones is 1. The van der Waals surface area contributed by atoms with Crippen LogP contribution in [-0.4, -0.2) is 12.3 Å². The van der Waals surface area contributed by atoms with Gasteiger partial charge in [-0.2, -0.15) is 0 Å². The third-order valence-corrected chi connectivity index (χ3v) is 2.21. The monoisotopic (exact) mass is 177 g/mol. The van der Waals surface area contributed by atoms with Crippen molar-refractivity contribution in [3.05, 3.63) is 35.4 Å². The molecule has 1 rings (SSSR count). The van der Waals surface area contributed by atoms with Crippen LogP contribution >= 0.6 is 0 Å². The zero-order valence-electron chi connectivity index (χ0n) is 8.08. The number of rotatable bonds is 3. The molecule has 1 unspecified atom stereocenters. The summed E-state index contributed by atoms with van der Waals surface area (Å²) in [6.07, 6.45) is 0. The lowest BCUT2D eigenvalue weighted by Gasteiger charge is -2.09. The molecule has 0 saturated carbocycles. The first-order valence-electron chi connectivity index (χ1n) is 4.46. The second-order valence-electron chi connectivity index (χ2n) is 3.32. The van der Waals surface area contributed by atoms with Gasteiger partial charge in [-0.1, -0.05) is 31.2 Å². The van der Waals surface area contributed by atoms with Gasteiger partial charge < -0.3 is 5.73 Å².